The zero-order valence-electron chi connectivity index (χ0n) is 20.6. The van der Waals surface area contributed by atoms with Crippen molar-refractivity contribution in [3.05, 3.63) is 12.2 Å². The molecular weight excluding hydrogens is 503 g/mol. The number of ether oxygens (including phenoxy) is 3. The lowest BCUT2D eigenvalue weighted by Gasteiger charge is -2.18. The number of unbranched alkanes of at least 4 members (excludes halogenated alkanes) is 11. The van der Waals surface area contributed by atoms with Crippen molar-refractivity contribution in [2.75, 3.05) is 13.2 Å². The number of hydrogen-bond acceptors (Lipinski definition) is 6. The molecule has 0 amide bonds. The standard InChI is InChI=1S/C25H41Cl3O6/c1-3-4-5-6-7-8-9-10-11-12-13-14-15-16-17-18-23(30)32-19-22(34-21(2)29)20-33-24(31)25(26,27)28/h10-11,22H,3-9,12-20H2,1-2H3/b11-10-/t22-/m1/s1. The minimum absolute atomic E-state index is 0.239. The highest BCUT2D eigenvalue weighted by Crippen LogP contribution is 2.27. The Morgan fingerprint density at radius 1 is 0.765 bits per heavy atom. The van der Waals surface area contributed by atoms with Crippen molar-refractivity contribution in [3.63, 3.8) is 0 Å². The molecule has 34 heavy (non-hydrogen) atoms. The second-order valence-corrected chi connectivity index (χ2v) is 10.6. The van der Waals surface area contributed by atoms with Crippen LogP contribution in [0.3, 0.4) is 0 Å². The third-order valence-electron chi connectivity index (χ3n) is 5.04. The first kappa shape index (κ1) is 33.0. The van der Waals surface area contributed by atoms with Crippen LogP contribution in [0, 0.1) is 0 Å². The Hall–Kier alpha value is -0.980. The van der Waals surface area contributed by atoms with Gasteiger partial charge in [0.2, 0.25) is 0 Å². The largest absolute Gasteiger partial charge is 0.462 e. The van der Waals surface area contributed by atoms with Gasteiger partial charge in [0.15, 0.2) is 6.10 Å². The molecule has 0 unspecified atom stereocenters. The van der Waals surface area contributed by atoms with E-state index in [-0.39, 0.29) is 19.6 Å². The van der Waals surface area contributed by atoms with Crippen molar-refractivity contribution in [1.82, 2.24) is 0 Å². The number of alkyl halides is 3. The molecule has 1 atom stereocenters. The van der Waals surface area contributed by atoms with Gasteiger partial charge in [0.05, 0.1) is 0 Å². The molecule has 0 saturated carbocycles. The summed E-state index contributed by atoms with van der Waals surface area (Å²) in [7, 11) is 0. The molecule has 6 nitrogen and oxygen atoms in total. The van der Waals surface area contributed by atoms with E-state index in [1.165, 1.54) is 51.9 Å². The van der Waals surface area contributed by atoms with Crippen LogP contribution >= 0.6 is 34.8 Å². The lowest BCUT2D eigenvalue weighted by molar-refractivity contribution is -0.165. The summed E-state index contributed by atoms with van der Waals surface area (Å²) >= 11 is 16.2. The van der Waals surface area contributed by atoms with Crippen molar-refractivity contribution < 1.29 is 28.6 Å². The van der Waals surface area contributed by atoms with Crippen molar-refractivity contribution in [3.8, 4) is 0 Å². The average molecular weight is 544 g/mol. The summed E-state index contributed by atoms with van der Waals surface area (Å²) in [6.07, 6.45) is 19.2. The fourth-order valence-corrected chi connectivity index (χ4v) is 3.36. The predicted octanol–water partition coefficient (Wildman–Crippen LogP) is 7.41. The number of rotatable bonds is 20. The van der Waals surface area contributed by atoms with Crippen LogP contribution in [0.4, 0.5) is 0 Å². The van der Waals surface area contributed by atoms with Crippen LogP contribution in [-0.4, -0.2) is 41.0 Å². The van der Waals surface area contributed by atoms with Gasteiger partial charge in [-0.05, 0) is 32.1 Å². The first-order valence-electron chi connectivity index (χ1n) is 12.4. The molecule has 0 aliphatic heterocycles. The Kier molecular flexibility index (Phi) is 20.7. The summed E-state index contributed by atoms with van der Waals surface area (Å²) in [4.78, 5) is 34.6. The van der Waals surface area contributed by atoms with Crippen LogP contribution in [0.5, 0.6) is 0 Å². The van der Waals surface area contributed by atoms with E-state index < -0.39 is 27.8 Å². The van der Waals surface area contributed by atoms with Crippen LogP contribution in [0.15, 0.2) is 12.2 Å². The molecule has 0 aromatic heterocycles. The summed E-state index contributed by atoms with van der Waals surface area (Å²) in [5, 5.41) is 0. The molecule has 0 spiro atoms. The maximum atomic E-state index is 11.9. The van der Waals surface area contributed by atoms with E-state index >= 15 is 0 Å². The highest BCUT2D eigenvalue weighted by atomic mass is 35.6. The van der Waals surface area contributed by atoms with Gasteiger partial charge in [-0.2, -0.15) is 0 Å². The van der Waals surface area contributed by atoms with Gasteiger partial charge in [0, 0.05) is 13.3 Å². The molecule has 9 heteroatoms. The minimum atomic E-state index is -2.23. The van der Waals surface area contributed by atoms with Crippen LogP contribution < -0.4 is 0 Å². The van der Waals surface area contributed by atoms with Crippen molar-refractivity contribution in [2.45, 2.75) is 114 Å². The minimum Gasteiger partial charge on any atom is -0.462 e. The second-order valence-electron chi connectivity index (χ2n) is 8.34. The highest BCUT2D eigenvalue weighted by Gasteiger charge is 2.33. The summed E-state index contributed by atoms with van der Waals surface area (Å²) in [5.41, 5.74) is 0. The Morgan fingerprint density at radius 3 is 1.79 bits per heavy atom. The number of allylic oxidation sites excluding steroid dienone is 2. The Bertz CT molecular complexity index is 590. The summed E-state index contributed by atoms with van der Waals surface area (Å²) in [6, 6.07) is 0. The van der Waals surface area contributed by atoms with Crippen LogP contribution in [-0.2, 0) is 28.6 Å². The van der Waals surface area contributed by atoms with Crippen LogP contribution in [0.25, 0.3) is 0 Å². The van der Waals surface area contributed by atoms with E-state index in [4.69, 9.17) is 49.0 Å². The van der Waals surface area contributed by atoms with E-state index in [0.717, 1.165) is 38.5 Å². The summed E-state index contributed by atoms with van der Waals surface area (Å²) in [5.74, 6) is -2.11. The fourth-order valence-electron chi connectivity index (χ4n) is 3.20. The van der Waals surface area contributed by atoms with E-state index in [9.17, 15) is 14.4 Å². The Morgan fingerprint density at radius 2 is 1.26 bits per heavy atom. The van der Waals surface area contributed by atoms with E-state index in [2.05, 4.69) is 19.1 Å². The molecule has 0 aliphatic carbocycles. The normalized spacial score (nSPS) is 12.5. The van der Waals surface area contributed by atoms with Gasteiger partial charge in [-0.15, -0.1) is 0 Å². The van der Waals surface area contributed by atoms with Gasteiger partial charge >= 0.3 is 17.9 Å². The average Bonchev–Trinajstić information content (AvgIpc) is 2.77. The number of carbonyl (C=O) groups excluding carboxylic acids is 3. The zero-order valence-corrected chi connectivity index (χ0v) is 22.9. The molecule has 0 saturated heterocycles. The first-order chi connectivity index (χ1) is 16.2. The molecule has 0 aliphatic rings. The van der Waals surface area contributed by atoms with E-state index in [0.29, 0.717) is 0 Å². The molecule has 0 fully saturated rings. The molecule has 0 heterocycles. The molecule has 198 valence electrons. The second kappa shape index (κ2) is 21.3. The number of carbonyl (C=O) groups is 3. The topological polar surface area (TPSA) is 78.9 Å². The maximum Gasteiger partial charge on any atom is 0.358 e. The van der Waals surface area contributed by atoms with Crippen molar-refractivity contribution in [2.24, 2.45) is 0 Å². The molecule has 0 aromatic rings. The molecular formula is C25H41Cl3O6. The summed E-state index contributed by atoms with van der Waals surface area (Å²) in [6.45, 7) is 2.81. The van der Waals surface area contributed by atoms with Gasteiger partial charge < -0.3 is 14.2 Å². The smallest absolute Gasteiger partial charge is 0.358 e. The lowest BCUT2D eigenvalue weighted by atomic mass is 10.1. The fraction of sp³-hybridized carbons (Fsp3) is 0.800. The number of esters is 3. The van der Waals surface area contributed by atoms with Crippen LogP contribution in [0.1, 0.15) is 104 Å². The Labute approximate surface area is 220 Å². The molecule has 0 aromatic carbocycles. The molecule has 0 N–H and O–H groups in total. The van der Waals surface area contributed by atoms with E-state index in [1.807, 2.05) is 0 Å². The molecule has 0 rings (SSSR count). The lowest BCUT2D eigenvalue weighted by Crippen LogP contribution is -2.32. The molecule has 0 radical (unpaired) electrons. The van der Waals surface area contributed by atoms with Gasteiger partial charge in [-0.3, -0.25) is 9.59 Å². The zero-order chi connectivity index (χ0) is 25.7. The first-order valence-corrected chi connectivity index (χ1v) is 13.5. The van der Waals surface area contributed by atoms with Gasteiger partial charge in [0.1, 0.15) is 13.2 Å². The number of halogens is 3. The van der Waals surface area contributed by atoms with Gasteiger partial charge in [-0.25, -0.2) is 4.79 Å². The third-order valence-corrected chi connectivity index (χ3v) is 5.50. The SMILES string of the molecule is CCCCCCCC/C=C\CCCCCCCC(=O)OC[C@H](COC(=O)C(Cl)(Cl)Cl)OC(C)=O. The van der Waals surface area contributed by atoms with Gasteiger partial charge in [-0.1, -0.05) is 105 Å². The maximum absolute atomic E-state index is 11.9. The monoisotopic (exact) mass is 542 g/mol. The number of hydrogen-bond donors (Lipinski definition) is 0. The molecule has 0 bridgehead atoms. The van der Waals surface area contributed by atoms with E-state index in [1.54, 1.807) is 0 Å². The predicted molar refractivity (Wildman–Crippen MR) is 137 cm³/mol. The van der Waals surface area contributed by atoms with Crippen molar-refractivity contribution >= 4 is 52.7 Å². The quantitative estimate of drug-likeness (QED) is 0.0523. The van der Waals surface area contributed by atoms with Crippen LogP contribution in [0.2, 0.25) is 0 Å². The van der Waals surface area contributed by atoms with Gasteiger partial charge in [0.25, 0.3) is 3.79 Å². The Balaban J connectivity index is 3.77. The third kappa shape index (κ3) is 21.5. The van der Waals surface area contributed by atoms with Crippen molar-refractivity contribution in [1.29, 1.82) is 0 Å². The highest BCUT2D eigenvalue weighted by molar-refractivity contribution is 6.75. The summed E-state index contributed by atoms with van der Waals surface area (Å²) < 4.78 is 12.6.